The molecule has 1 aromatic rings. The summed E-state index contributed by atoms with van der Waals surface area (Å²) in [5.41, 5.74) is 1.38. The van der Waals surface area contributed by atoms with Gasteiger partial charge in [0.1, 0.15) is 11.6 Å². The number of benzene rings is 1. The number of urea groups is 1. The number of hydrogen-bond donors (Lipinski definition) is 2. The molecule has 9 heteroatoms. The van der Waals surface area contributed by atoms with Crippen molar-refractivity contribution >= 4 is 41.1 Å². The van der Waals surface area contributed by atoms with Crippen molar-refractivity contribution in [2.24, 2.45) is 5.92 Å². The monoisotopic (exact) mass is 525 g/mol. The van der Waals surface area contributed by atoms with Gasteiger partial charge >= 0.3 is 11.9 Å². The zero-order valence-corrected chi connectivity index (χ0v) is 21.7. The van der Waals surface area contributed by atoms with Crippen molar-refractivity contribution in [3.63, 3.8) is 0 Å². The number of nitrogens with zero attached hydrogens (tertiary/aromatic N) is 2. The van der Waals surface area contributed by atoms with Crippen molar-refractivity contribution in [1.29, 1.82) is 0 Å². The summed E-state index contributed by atoms with van der Waals surface area (Å²) in [4.78, 5) is 52.7. The van der Waals surface area contributed by atoms with E-state index < -0.39 is 11.9 Å². The molecule has 8 nitrogen and oxygen atoms in total. The van der Waals surface area contributed by atoms with E-state index in [4.69, 9.17) is 11.6 Å². The molecule has 5 amide bonds. The van der Waals surface area contributed by atoms with Crippen LogP contribution in [0.25, 0.3) is 0 Å². The van der Waals surface area contributed by atoms with Gasteiger partial charge in [0.25, 0.3) is 5.91 Å². The fourth-order valence-corrected chi connectivity index (χ4v) is 5.23. The molecule has 0 bridgehead atoms. The largest absolute Gasteiger partial charge is 0.501 e. The van der Waals surface area contributed by atoms with Crippen LogP contribution in [0.2, 0.25) is 5.02 Å². The Morgan fingerprint density at radius 3 is 2.59 bits per heavy atom. The van der Waals surface area contributed by atoms with Crippen LogP contribution >= 0.6 is 11.6 Å². The number of amides is 5. The highest BCUT2D eigenvalue weighted by molar-refractivity contribution is 6.31. The Morgan fingerprint density at radius 1 is 1.03 bits per heavy atom. The highest BCUT2D eigenvalue weighted by atomic mass is 35.5. The van der Waals surface area contributed by atoms with Gasteiger partial charge in [0.05, 0.1) is 6.54 Å². The zero-order chi connectivity index (χ0) is 26.2. The molecule has 37 heavy (non-hydrogen) atoms. The molecule has 3 aliphatic rings. The molecule has 1 atom stereocenters. The highest BCUT2D eigenvalue weighted by Gasteiger charge is 2.46. The van der Waals surface area contributed by atoms with Crippen LogP contribution in [0.3, 0.4) is 0 Å². The average Bonchev–Trinajstić information content (AvgIpc) is 2.90. The molecule has 0 aromatic heterocycles. The number of hydrogen-bond acceptors (Lipinski definition) is 4. The van der Waals surface area contributed by atoms with Gasteiger partial charge in [0.15, 0.2) is 6.54 Å². The lowest BCUT2D eigenvalue weighted by molar-refractivity contribution is -0.428. The third kappa shape index (κ3) is 6.95. The molecular weight excluding hydrogens is 492 g/mol. The van der Waals surface area contributed by atoms with Crippen molar-refractivity contribution in [1.82, 2.24) is 15.5 Å². The Kier molecular flexibility index (Phi) is 9.28. The van der Waals surface area contributed by atoms with Gasteiger partial charge in [-0.3, -0.25) is 9.59 Å². The number of halogens is 1. The van der Waals surface area contributed by atoms with Crippen LogP contribution in [0.1, 0.15) is 56.9 Å². The topological polar surface area (TPSA) is 98.6 Å². The van der Waals surface area contributed by atoms with Crippen LogP contribution in [0.15, 0.2) is 48.6 Å². The van der Waals surface area contributed by atoms with E-state index in [1.165, 1.54) is 15.9 Å². The maximum absolute atomic E-state index is 13.3. The van der Waals surface area contributed by atoms with Crippen molar-refractivity contribution in [2.45, 2.75) is 64.0 Å². The summed E-state index contributed by atoms with van der Waals surface area (Å²) in [5.74, 6) is -1.22. The lowest BCUT2D eigenvalue weighted by Crippen LogP contribution is -2.56. The van der Waals surface area contributed by atoms with Crippen molar-refractivity contribution < 1.29 is 23.8 Å². The molecule has 196 valence electrons. The van der Waals surface area contributed by atoms with Gasteiger partial charge in [-0.15, -0.1) is 0 Å². The molecule has 2 aliphatic carbocycles. The maximum Gasteiger partial charge on any atom is 0.501 e. The lowest BCUT2D eigenvalue weighted by Gasteiger charge is -2.27. The minimum Gasteiger partial charge on any atom is -0.352 e. The Hall–Kier alpha value is -3.26. The first-order valence-corrected chi connectivity index (χ1v) is 13.5. The van der Waals surface area contributed by atoms with Crippen molar-refractivity contribution in [3.8, 4) is 0 Å². The second kappa shape index (κ2) is 12.8. The van der Waals surface area contributed by atoms with E-state index in [-0.39, 0.29) is 43.3 Å². The summed E-state index contributed by atoms with van der Waals surface area (Å²) in [7, 11) is 0. The summed E-state index contributed by atoms with van der Waals surface area (Å²) in [6.45, 7) is 0.421. The average molecular weight is 526 g/mol. The van der Waals surface area contributed by atoms with E-state index in [1.807, 2.05) is 18.2 Å². The van der Waals surface area contributed by atoms with Crippen molar-refractivity contribution in [3.05, 3.63) is 59.2 Å². The molecule has 1 saturated carbocycles. The van der Waals surface area contributed by atoms with Gasteiger partial charge < -0.3 is 10.6 Å². The normalized spacial score (nSPS) is 19.7. The molecule has 2 N–H and O–H groups in total. The molecule has 1 heterocycles. The molecule has 1 aromatic carbocycles. The number of fused-ring (bicyclic) bond motifs is 1. The van der Waals surface area contributed by atoms with E-state index in [0.29, 0.717) is 30.1 Å². The predicted molar refractivity (Wildman–Crippen MR) is 141 cm³/mol. The Balaban J connectivity index is 1.31. The van der Waals surface area contributed by atoms with Gasteiger partial charge in [-0.1, -0.05) is 67.3 Å². The van der Waals surface area contributed by atoms with Gasteiger partial charge in [-0.2, -0.15) is 14.3 Å². The van der Waals surface area contributed by atoms with Gasteiger partial charge in [0, 0.05) is 24.0 Å². The van der Waals surface area contributed by atoms with Crippen LogP contribution in [-0.2, 0) is 20.9 Å². The SMILES string of the molecule is O=C(CCCCN1C(=O)C2C=CC=CC2=[N+](CC(=O)NC2CCCCC2)C1=O)NCc1ccccc1Cl. The first-order valence-electron chi connectivity index (χ1n) is 13.1. The number of unbranched alkanes of at least 4 members (excludes halogenated alkanes) is 1. The fraction of sp³-hybridized carbons (Fsp3) is 0.464. The van der Waals surface area contributed by atoms with Crippen LogP contribution in [0.5, 0.6) is 0 Å². The summed E-state index contributed by atoms with van der Waals surface area (Å²) in [5, 5.41) is 6.51. The standard InChI is InChI=1S/C28H33ClN4O4/c29-23-14-6-4-10-20(23)18-30-25(34)16-8-9-17-32-27(36)22-13-5-7-15-24(22)33(28(32)37)19-26(35)31-21-11-2-1-3-12-21/h4-7,10,13-15,21-22H,1-3,8-9,11-12,16-19H2,(H-,30,31,34,35)/p+1. The van der Waals surface area contributed by atoms with E-state index in [2.05, 4.69) is 10.6 Å². The van der Waals surface area contributed by atoms with E-state index >= 15 is 0 Å². The first kappa shape index (κ1) is 26.8. The summed E-state index contributed by atoms with van der Waals surface area (Å²) >= 11 is 6.13. The number of carbonyl (C=O) groups excluding carboxylic acids is 4. The highest BCUT2D eigenvalue weighted by Crippen LogP contribution is 2.21. The van der Waals surface area contributed by atoms with Gasteiger partial charge in [-0.25, -0.2) is 4.79 Å². The second-order valence-corrected chi connectivity index (χ2v) is 10.1. The van der Waals surface area contributed by atoms with Crippen LogP contribution in [0.4, 0.5) is 4.79 Å². The third-order valence-corrected chi connectivity index (χ3v) is 7.42. The molecule has 1 unspecified atom stereocenters. The minimum absolute atomic E-state index is 0.117. The Labute approximate surface area is 222 Å². The molecular formula is C28H34ClN4O4+. The van der Waals surface area contributed by atoms with Crippen LogP contribution in [-0.4, -0.2) is 58.1 Å². The Bertz CT molecular complexity index is 1140. The molecule has 0 spiro atoms. The van der Waals surface area contributed by atoms with Gasteiger partial charge in [0.2, 0.25) is 5.91 Å². The first-order chi connectivity index (χ1) is 17.9. The number of imide groups is 1. The number of carbonyl (C=O) groups is 4. The number of allylic oxidation sites excluding steroid dienone is 3. The van der Waals surface area contributed by atoms with E-state index in [0.717, 1.165) is 31.2 Å². The summed E-state index contributed by atoms with van der Waals surface area (Å²) in [6, 6.07) is 6.99. The maximum atomic E-state index is 13.3. The quantitative estimate of drug-likeness (QED) is 0.359. The van der Waals surface area contributed by atoms with Crippen LogP contribution in [0, 0.1) is 5.92 Å². The summed E-state index contributed by atoms with van der Waals surface area (Å²) in [6.07, 6.45) is 13.6. The minimum atomic E-state index is -0.593. The number of nitrogens with one attached hydrogen (secondary N) is 2. The zero-order valence-electron chi connectivity index (χ0n) is 21.0. The van der Waals surface area contributed by atoms with Gasteiger partial charge in [-0.05, 0) is 43.4 Å². The third-order valence-electron chi connectivity index (χ3n) is 7.05. The van der Waals surface area contributed by atoms with E-state index in [9.17, 15) is 19.2 Å². The van der Waals surface area contributed by atoms with E-state index in [1.54, 1.807) is 30.4 Å². The molecule has 1 aliphatic heterocycles. The molecule has 1 fully saturated rings. The van der Waals surface area contributed by atoms with Crippen molar-refractivity contribution in [2.75, 3.05) is 13.1 Å². The Morgan fingerprint density at radius 2 is 1.81 bits per heavy atom. The number of rotatable bonds is 10. The second-order valence-electron chi connectivity index (χ2n) is 9.73. The smallest absolute Gasteiger partial charge is 0.352 e. The predicted octanol–water partition coefficient (Wildman–Crippen LogP) is 3.73. The van der Waals surface area contributed by atoms with Crippen LogP contribution < -0.4 is 10.6 Å². The molecule has 0 radical (unpaired) electrons. The fourth-order valence-electron chi connectivity index (χ4n) is 5.02. The molecule has 0 saturated heterocycles. The summed E-state index contributed by atoms with van der Waals surface area (Å²) < 4.78 is 1.42. The lowest BCUT2D eigenvalue weighted by atomic mass is 9.94. The molecule has 4 rings (SSSR count).